The normalized spacial score (nSPS) is 19.9. The zero-order valence-electron chi connectivity index (χ0n) is 12.6. The van der Waals surface area contributed by atoms with E-state index in [1.165, 1.54) is 18.9 Å². The molecule has 118 valence electrons. The molecule has 1 aliphatic rings. The van der Waals surface area contributed by atoms with Crippen LogP contribution < -0.4 is 5.32 Å². The number of rotatable bonds is 7. The Morgan fingerprint density at radius 2 is 2.33 bits per heavy atom. The molecule has 1 N–H and O–H groups in total. The highest BCUT2D eigenvalue weighted by Crippen LogP contribution is 2.24. The molecule has 0 bridgehead atoms. The molecule has 21 heavy (non-hydrogen) atoms. The van der Waals surface area contributed by atoms with Crippen LogP contribution in [0.5, 0.6) is 0 Å². The molecule has 0 radical (unpaired) electrons. The van der Waals surface area contributed by atoms with Crippen LogP contribution in [-0.2, 0) is 11.3 Å². The Kier molecular flexibility index (Phi) is 6.90. The van der Waals surface area contributed by atoms with E-state index < -0.39 is 0 Å². The van der Waals surface area contributed by atoms with E-state index in [0.717, 1.165) is 44.9 Å². The van der Waals surface area contributed by atoms with Crippen molar-refractivity contribution in [3.8, 4) is 0 Å². The van der Waals surface area contributed by atoms with Crippen LogP contribution in [0.1, 0.15) is 18.4 Å². The van der Waals surface area contributed by atoms with Gasteiger partial charge in [-0.1, -0.05) is 23.7 Å². The maximum atomic E-state index is 13.5. The van der Waals surface area contributed by atoms with Gasteiger partial charge in [-0.05, 0) is 43.5 Å². The van der Waals surface area contributed by atoms with Gasteiger partial charge in [0.2, 0.25) is 0 Å². The van der Waals surface area contributed by atoms with Gasteiger partial charge in [-0.2, -0.15) is 0 Å². The van der Waals surface area contributed by atoms with Crippen LogP contribution in [0.15, 0.2) is 18.2 Å². The van der Waals surface area contributed by atoms with Gasteiger partial charge in [-0.15, -0.1) is 0 Å². The first-order valence-corrected chi connectivity index (χ1v) is 7.93. The summed E-state index contributed by atoms with van der Waals surface area (Å²) in [6.07, 6.45) is 2.43. The number of methoxy groups -OCH3 is 1. The largest absolute Gasteiger partial charge is 0.383 e. The zero-order chi connectivity index (χ0) is 15.1. The van der Waals surface area contributed by atoms with Crippen molar-refractivity contribution in [2.24, 2.45) is 5.92 Å². The molecule has 1 aliphatic heterocycles. The van der Waals surface area contributed by atoms with Crippen LogP contribution in [0.25, 0.3) is 0 Å². The zero-order valence-corrected chi connectivity index (χ0v) is 13.3. The van der Waals surface area contributed by atoms with Crippen molar-refractivity contribution >= 4 is 11.6 Å². The minimum Gasteiger partial charge on any atom is -0.383 e. The first-order chi connectivity index (χ1) is 10.2. The van der Waals surface area contributed by atoms with Gasteiger partial charge in [0.15, 0.2) is 0 Å². The molecule has 0 spiro atoms. The summed E-state index contributed by atoms with van der Waals surface area (Å²) in [6.45, 7) is 5.47. The van der Waals surface area contributed by atoms with Crippen molar-refractivity contribution in [3.63, 3.8) is 0 Å². The molecule has 0 aliphatic carbocycles. The Morgan fingerprint density at radius 1 is 1.48 bits per heavy atom. The van der Waals surface area contributed by atoms with E-state index >= 15 is 0 Å². The number of nitrogens with one attached hydrogen (secondary N) is 1. The van der Waals surface area contributed by atoms with E-state index in [9.17, 15) is 4.39 Å². The molecule has 1 saturated heterocycles. The molecule has 1 atom stereocenters. The van der Waals surface area contributed by atoms with Gasteiger partial charge >= 0.3 is 0 Å². The number of ether oxygens (including phenoxy) is 1. The summed E-state index contributed by atoms with van der Waals surface area (Å²) >= 11 is 6.04. The summed E-state index contributed by atoms with van der Waals surface area (Å²) < 4.78 is 18.5. The van der Waals surface area contributed by atoms with Crippen LogP contribution in [0.3, 0.4) is 0 Å². The van der Waals surface area contributed by atoms with Gasteiger partial charge < -0.3 is 10.1 Å². The molecule has 0 aromatic heterocycles. The number of piperidine rings is 1. The Bertz CT molecular complexity index is 444. The first-order valence-electron chi connectivity index (χ1n) is 7.55. The summed E-state index contributed by atoms with van der Waals surface area (Å²) in [7, 11) is 1.72. The lowest BCUT2D eigenvalue weighted by molar-refractivity contribution is 0.159. The lowest BCUT2D eigenvalue weighted by Gasteiger charge is -2.33. The van der Waals surface area contributed by atoms with Gasteiger partial charge in [0.1, 0.15) is 5.82 Å². The van der Waals surface area contributed by atoms with E-state index in [1.807, 2.05) is 6.07 Å². The van der Waals surface area contributed by atoms with E-state index in [4.69, 9.17) is 16.3 Å². The summed E-state index contributed by atoms with van der Waals surface area (Å²) in [5.74, 6) is 0.312. The second-order valence-electron chi connectivity index (χ2n) is 5.65. The summed E-state index contributed by atoms with van der Waals surface area (Å²) in [6, 6.07) is 5.04. The number of hydrogen-bond acceptors (Lipinski definition) is 3. The van der Waals surface area contributed by atoms with Gasteiger partial charge in [0, 0.05) is 26.7 Å². The van der Waals surface area contributed by atoms with Crippen molar-refractivity contribution in [2.75, 3.05) is 39.9 Å². The standard InChI is InChI=1S/C16H24ClFN2O/c1-21-9-7-19-10-13-4-3-8-20(11-13)12-14-5-2-6-15(18)16(14)17/h2,5-6,13,19H,3-4,7-12H2,1H3. The molecule has 0 saturated carbocycles. The maximum absolute atomic E-state index is 13.5. The third-order valence-electron chi connectivity index (χ3n) is 3.94. The lowest BCUT2D eigenvalue weighted by Crippen LogP contribution is -2.39. The minimum atomic E-state index is -0.330. The average molecular weight is 315 g/mol. The summed E-state index contributed by atoms with van der Waals surface area (Å²) in [5.41, 5.74) is 0.879. The van der Waals surface area contributed by atoms with Crippen molar-refractivity contribution in [2.45, 2.75) is 19.4 Å². The monoisotopic (exact) mass is 314 g/mol. The highest BCUT2D eigenvalue weighted by Gasteiger charge is 2.20. The fraction of sp³-hybridized carbons (Fsp3) is 0.625. The number of hydrogen-bond donors (Lipinski definition) is 1. The van der Waals surface area contributed by atoms with Crippen molar-refractivity contribution < 1.29 is 9.13 Å². The smallest absolute Gasteiger partial charge is 0.142 e. The molecular formula is C16H24ClFN2O. The Morgan fingerprint density at radius 3 is 3.14 bits per heavy atom. The molecule has 1 fully saturated rings. The van der Waals surface area contributed by atoms with E-state index in [1.54, 1.807) is 13.2 Å². The highest BCUT2D eigenvalue weighted by atomic mass is 35.5. The van der Waals surface area contributed by atoms with Gasteiger partial charge in [-0.3, -0.25) is 4.90 Å². The molecule has 0 amide bonds. The van der Waals surface area contributed by atoms with Gasteiger partial charge in [0.25, 0.3) is 0 Å². The highest BCUT2D eigenvalue weighted by molar-refractivity contribution is 6.31. The average Bonchev–Trinajstić information content (AvgIpc) is 2.49. The SMILES string of the molecule is COCCNCC1CCCN(Cc2cccc(F)c2Cl)C1. The second kappa shape index (κ2) is 8.69. The number of halogens is 2. The molecule has 1 heterocycles. The Balaban J connectivity index is 1.82. The maximum Gasteiger partial charge on any atom is 0.142 e. The first kappa shape index (κ1) is 16.7. The van der Waals surface area contributed by atoms with Gasteiger partial charge in [0.05, 0.1) is 11.6 Å². The third kappa shape index (κ3) is 5.22. The topological polar surface area (TPSA) is 24.5 Å². The van der Waals surface area contributed by atoms with Crippen LogP contribution in [0.4, 0.5) is 4.39 Å². The summed E-state index contributed by atoms with van der Waals surface area (Å²) in [4.78, 5) is 2.37. The number of nitrogens with zero attached hydrogens (tertiary/aromatic N) is 1. The third-order valence-corrected chi connectivity index (χ3v) is 4.37. The Hall–Kier alpha value is -0.680. The van der Waals surface area contributed by atoms with Crippen LogP contribution in [0.2, 0.25) is 5.02 Å². The van der Waals surface area contributed by atoms with Crippen molar-refractivity contribution in [3.05, 3.63) is 34.6 Å². The van der Waals surface area contributed by atoms with Crippen LogP contribution in [0, 0.1) is 11.7 Å². The molecule has 3 nitrogen and oxygen atoms in total. The van der Waals surface area contributed by atoms with Crippen molar-refractivity contribution in [1.29, 1.82) is 0 Å². The van der Waals surface area contributed by atoms with E-state index in [2.05, 4.69) is 10.2 Å². The summed E-state index contributed by atoms with van der Waals surface area (Å²) in [5, 5.41) is 3.69. The van der Waals surface area contributed by atoms with E-state index in [-0.39, 0.29) is 10.8 Å². The molecule has 1 aromatic rings. The van der Waals surface area contributed by atoms with E-state index in [0.29, 0.717) is 5.92 Å². The molecular weight excluding hydrogens is 291 g/mol. The molecule has 1 aromatic carbocycles. The van der Waals surface area contributed by atoms with Crippen LogP contribution >= 0.6 is 11.6 Å². The minimum absolute atomic E-state index is 0.262. The lowest BCUT2D eigenvalue weighted by atomic mass is 9.97. The molecule has 2 rings (SSSR count). The molecule has 5 heteroatoms. The predicted octanol–water partition coefficient (Wildman–Crippen LogP) is 2.93. The predicted molar refractivity (Wildman–Crippen MR) is 84.2 cm³/mol. The quantitative estimate of drug-likeness (QED) is 0.783. The van der Waals surface area contributed by atoms with Crippen molar-refractivity contribution in [1.82, 2.24) is 10.2 Å². The number of likely N-dealkylation sites (tertiary alicyclic amines) is 1. The number of benzene rings is 1. The fourth-order valence-corrected chi connectivity index (χ4v) is 3.04. The second-order valence-corrected chi connectivity index (χ2v) is 6.03. The molecule has 1 unspecified atom stereocenters. The van der Waals surface area contributed by atoms with Gasteiger partial charge in [-0.25, -0.2) is 4.39 Å². The van der Waals surface area contributed by atoms with Crippen LogP contribution in [-0.4, -0.2) is 44.8 Å². The Labute approximate surface area is 131 Å². The fourth-order valence-electron chi connectivity index (χ4n) is 2.85.